The monoisotopic (exact) mass is 431 g/mol. The summed E-state index contributed by atoms with van der Waals surface area (Å²) in [5.74, 6) is 0.486. The fourth-order valence-corrected chi connectivity index (χ4v) is 4.29. The van der Waals surface area contributed by atoms with Crippen molar-refractivity contribution in [3.8, 4) is 0 Å². The third-order valence-electron chi connectivity index (χ3n) is 5.77. The third-order valence-corrected chi connectivity index (χ3v) is 5.77. The van der Waals surface area contributed by atoms with Crippen LogP contribution in [-0.4, -0.2) is 52.4 Å². The van der Waals surface area contributed by atoms with Crippen LogP contribution in [0.25, 0.3) is 10.8 Å². The molecule has 1 fully saturated rings. The second kappa shape index (κ2) is 9.87. The number of fused-ring (bicyclic) bond motifs is 1. The maximum absolute atomic E-state index is 12.6. The largest absolute Gasteiger partial charge is 0.356 e. The van der Waals surface area contributed by atoms with E-state index in [2.05, 4.69) is 49.8 Å². The minimum Gasteiger partial charge on any atom is -0.356 e. The van der Waals surface area contributed by atoms with Crippen molar-refractivity contribution in [2.75, 3.05) is 19.6 Å². The SMILES string of the molecule is Cc1cc(C)nc(CCNC(=O)CC2C(=O)NCCN2Cc2cccc3ccccc23)n1. The fraction of sp³-hybridized carbons (Fsp3) is 0.360. The predicted molar refractivity (Wildman–Crippen MR) is 124 cm³/mol. The van der Waals surface area contributed by atoms with Gasteiger partial charge < -0.3 is 10.6 Å². The van der Waals surface area contributed by atoms with Gasteiger partial charge in [0.15, 0.2) is 0 Å². The zero-order valence-electron chi connectivity index (χ0n) is 18.6. The lowest BCUT2D eigenvalue weighted by molar-refractivity contribution is -0.134. The molecular weight excluding hydrogens is 402 g/mol. The van der Waals surface area contributed by atoms with Crippen molar-refractivity contribution in [1.29, 1.82) is 0 Å². The highest BCUT2D eigenvalue weighted by Crippen LogP contribution is 2.22. The zero-order chi connectivity index (χ0) is 22.5. The van der Waals surface area contributed by atoms with Gasteiger partial charge in [0.1, 0.15) is 5.82 Å². The van der Waals surface area contributed by atoms with E-state index < -0.39 is 6.04 Å². The molecule has 2 heterocycles. The van der Waals surface area contributed by atoms with Crippen LogP contribution in [0.5, 0.6) is 0 Å². The number of benzene rings is 2. The van der Waals surface area contributed by atoms with Gasteiger partial charge in [0.05, 0.1) is 12.5 Å². The highest BCUT2D eigenvalue weighted by atomic mass is 16.2. The highest BCUT2D eigenvalue weighted by Gasteiger charge is 2.31. The van der Waals surface area contributed by atoms with E-state index in [-0.39, 0.29) is 18.2 Å². The predicted octanol–water partition coefficient (Wildman–Crippen LogP) is 2.30. The van der Waals surface area contributed by atoms with Crippen molar-refractivity contribution in [3.63, 3.8) is 0 Å². The summed E-state index contributed by atoms with van der Waals surface area (Å²) in [5.41, 5.74) is 3.00. The first-order valence-corrected chi connectivity index (χ1v) is 11.1. The van der Waals surface area contributed by atoms with Crippen LogP contribution in [-0.2, 0) is 22.6 Å². The van der Waals surface area contributed by atoms with Crippen LogP contribution in [0.3, 0.4) is 0 Å². The number of piperazine rings is 1. The number of aryl methyl sites for hydroxylation is 2. The molecule has 1 aliphatic rings. The number of hydrogen-bond donors (Lipinski definition) is 2. The Morgan fingerprint density at radius 2 is 1.88 bits per heavy atom. The van der Waals surface area contributed by atoms with E-state index in [1.807, 2.05) is 38.1 Å². The normalized spacial score (nSPS) is 16.7. The van der Waals surface area contributed by atoms with Crippen LogP contribution >= 0.6 is 0 Å². The van der Waals surface area contributed by atoms with Gasteiger partial charge >= 0.3 is 0 Å². The van der Waals surface area contributed by atoms with E-state index in [0.29, 0.717) is 32.6 Å². The Hall–Kier alpha value is -3.32. The average Bonchev–Trinajstić information content (AvgIpc) is 2.76. The summed E-state index contributed by atoms with van der Waals surface area (Å²) in [6, 6.07) is 15.9. The van der Waals surface area contributed by atoms with E-state index >= 15 is 0 Å². The number of hydrogen-bond acceptors (Lipinski definition) is 5. The minimum absolute atomic E-state index is 0.0933. The Kier molecular flexibility index (Phi) is 6.75. The first kappa shape index (κ1) is 21.9. The van der Waals surface area contributed by atoms with Gasteiger partial charge in [-0.15, -0.1) is 0 Å². The number of carbonyl (C=O) groups excluding carboxylic acids is 2. The molecule has 1 aromatic heterocycles. The van der Waals surface area contributed by atoms with Crippen molar-refractivity contribution in [2.24, 2.45) is 0 Å². The maximum atomic E-state index is 12.6. The Bertz CT molecular complexity index is 1100. The van der Waals surface area contributed by atoms with Crippen LogP contribution < -0.4 is 10.6 Å². The lowest BCUT2D eigenvalue weighted by Crippen LogP contribution is -2.56. The summed E-state index contributed by atoms with van der Waals surface area (Å²) in [6.07, 6.45) is 0.690. The van der Waals surface area contributed by atoms with Crippen molar-refractivity contribution in [1.82, 2.24) is 25.5 Å². The number of nitrogens with one attached hydrogen (secondary N) is 2. The molecule has 7 nitrogen and oxygen atoms in total. The summed E-state index contributed by atoms with van der Waals surface area (Å²) in [6.45, 7) is 6.24. The van der Waals surface area contributed by atoms with Gasteiger partial charge in [-0.3, -0.25) is 14.5 Å². The van der Waals surface area contributed by atoms with Gasteiger partial charge in [0, 0.05) is 44.0 Å². The van der Waals surface area contributed by atoms with Crippen molar-refractivity contribution >= 4 is 22.6 Å². The molecule has 1 unspecified atom stereocenters. The van der Waals surface area contributed by atoms with Crippen LogP contribution in [0.2, 0.25) is 0 Å². The summed E-state index contributed by atoms with van der Waals surface area (Å²) < 4.78 is 0. The standard InChI is InChI=1S/C25H29N5O2/c1-17-14-18(2)29-23(28-17)10-11-26-24(31)15-22-25(32)27-12-13-30(22)16-20-8-5-7-19-6-3-4-9-21(19)20/h3-9,14,22H,10-13,15-16H2,1-2H3,(H,26,31)(H,27,32). The number of nitrogens with zero attached hydrogens (tertiary/aromatic N) is 3. The van der Waals surface area contributed by atoms with Gasteiger partial charge in [-0.25, -0.2) is 9.97 Å². The number of amides is 2. The molecule has 1 saturated heterocycles. The molecule has 4 rings (SSSR count). The van der Waals surface area contributed by atoms with Gasteiger partial charge in [-0.1, -0.05) is 42.5 Å². The lowest BCUT2D eigenvalue weighted by Gasteiger charge is -2.35. The minimum atomic E-state index is -0.486. The average molecular weight is 432 g/mol. The van der Waals surface area contributed by atoms with E-state index in [1.165, 1.54) is 10.8 Å². The molecule has 32 heavy (non-hydrogen) atoms. The van der Waals surface area contributed by atoms with E-state index in [0.717, 1.165) is 22.8 Å². The molecule has 1 aliphatic heterocycles. The number of rotatable bonds is 7. The molecule has 3 aromatic rings. The van der Waals surface area contributed by atoms with Gasteiger partial charge in [0.25, 0.3) is 0 Å². The molecule has 0 aliphatic carbocycles. The molecule has 2 N–H and O–H groups in total. The van der Waals surface area contributed by atoms with Gasteiger partial charge in [-0.2, -0.15) is 0 Å². The Morgan fingerprint density at radius 3 is 2.69 bits per heavy atom. The summed E-state index contributed by atoms with van der Waals surface area (Å²) in [7, 11) is 0. The Labute approximate surface area is 188 Å². The molecule has 0 bridgehead atoms. The topological polar surface area (TPSA) is 87.2 Å². The van der Waals surface area contributed by atoms with Gasteiger partial charge in [0.2, 0.25) is 11.8 Å². The second-order valence-corrected chi connectivity index (χ2v) is 8.29. The highest BCUT2D eigenvalue weighted by molar-refractivity contribution is 5.89. The summed E-state index contributed by atoms with van der Waals surface area (Å²) in [4.78, 5) is 36.2. The molecule has 0 saturated carbocycles. The molecule has 1 atom stereocenters. The van der Waals surface area contributed by atoms with Crippen molar-refractivity contribution in [3.05, 3.63) is 71.3 Å². The van der Waals surface area contributed by atoms with Crippen LogP contribution in [0, 0.1) is 13.8 Å². The van der Waals surface area contributed by atoms with E-state index in [9.17, 15) is 9.59 Å². The molecule has 2 aromatic carbocycles. The van der Waals surface area contributed by atoms with Crippen LogP contribution in [0.1, 0.15) is 29.2 Å². The first-order chi connectivity index (χ1) is 15.5. The summed E-state index contributed by atoms with van der Waals surface area (Å²) >= 11 is 0. The van der Waals surface area contributed by atoms with Crippen LogP contribution in [0.15, 0.2) is 48.5 Å². The third kappa shape index (κ3) is 5.29. The smallest absolute Gasteiger partial charge is 0.237 e. The number of aromatic nitrogens is 2. The zero-order valence-corrected chi connectivity index (χ0v) is 18.6. The molecular formula is C25H29N5O2. The molecule has 0 radical (unpaired) electrons. The molecule has 2 amide bonds. The first-order valence-electron chi connectivity index (χ1n) is 11.1. The second-order valence-electron chi connectivity index (χ2n) is 8.29. The van der Waals surface area contributed by atoms with Crippen molar-refractivity contribution < 1.29 is 9.59 Å². The molecule has 0 spiro atoms. The quantitative estimate of drug-likeness (QED) is 0.599. The summed E-state index contributed by atoms with van der Waals surface area (Å²) in [5, 5.41) is 8.18. The van der Waals surface area contributed by atoms with E-state index in [4.69, 9.17) is 0 Å². The van der Waals surface area contributed by atoms with Crippen LogP contribution in [0.4, 0.5) is 0 Å². The Balaban J connectivity index is 1.39. The Morgan fingerprint density at radius 1 is 1.12 bits per heavy atom. The van der Waals surface area contributed by atoms with Gasteiger partial charge in [-0.05, 0) is 36.2 Å². The van der Waals surface area contributed by atoms with E-state index in [1.54, 1.807) is 0 Å². The number of carbonyl (C=O) groups is 2. The molecule has 7 heteroatoms. The van der Waals surface area contributed by atoms with Crippen molar-refractivity contribution in [2.45, 2.75) is 39.3 Å². The maximum Gasteiger partial charge on any atom is 0.237 e. The molecule has 166 valence electrons. The fourth-order valence-electron chi connectivity index (χ4n) is 4.29. The lowest BCUT2D eigenvalue weighted by atomic mass is 10.0.